The molecular weight excluding hydrogens is 412 g/mol. The van der Waals surface area contributed by atoms with Crippen LogP contribution in [0.4, 0.5) is 11.4 Å². The third-order valence-corrected chi connectivity index (χ3v) is 8.54. The quantitative estimate of drug-likeness (QED) is 0.450. The monoisotopic (exact) mass is 436 g/mol. The van der Waals surface area contributed by atoms with Crippen LogP contribution in [0.1, 0.15) is 30.6 Å². The Morgan fingerprint density at radius 2 is 2.10 bits per heavy atom. The predicted molar refractivity (Wildman–Crippen MR) is 125 cm³/mol. The first-order chi connectivity index (χ1) is 14.8. The van der Waals surface area contributed by atoms with Crippen molar-refractivity contribution in [3.8, 4) is 0 Å². The largest absolute Gasteiger partial charge is 0.378 e. The van der Waals surface area contributed by atoms with E-state index in [1.165, 1.54) is 34.3 Å². The molecule has 4 aromatic rings. The van der Waals surface area contributed by atoms with Crippen molar-refractivity contribution in [1.29, 1.82) is 0 Å². The lowest BCUT2D eigenvalue weighted by Crippen LogP contribution is -2.56. The van der Waals surface area contributed by atoms with Crippen molar-refractivity contribution in [3.05, 3.63) is 46.9 Å². The van der Waals surface area contributed by atoms with Crippen LogP contribution in [0.3, 0.4) is 0 Å². The van der Waals surface area contributed by atoms with Gasteiger partial charge < -0.3 is 10.1 Å². The molecule has 1 N–H and O–H groups in total. The van der Waals surface area contributed by atoms with E-state index >= 15 is 0 Å². The van der Waals surface area contributed by atoms with Crippen molar-refractivity contribution >= 4 is 54.5 Å². The maximum Gasteiger partial charge on any atom is 0.125 e. The lowest BCUT2D eigenvalue weighted by Gasteiger charge is -2.46. The molecule has 2 atom stereocenters. The SMILES string of the molecule is C[C@@H]1[C@H](c2cc3c(Nc4ccc5scnc5c4)ccnc3s2)CCCN1C1COC1. The molecule has 154 valence electrons. The van der Waals surface area contributed by atoms with Gasteiger partial charge in [0.15, 0.2) is 0 Å². The number of nitrogens with zero attached hydrogens (tertiary/aromatic N) is 3. The number of aromatic nitrogens is 2. The first-order valence-electron chi connectivity index (χ1n) is 10.6. The van der Waals surface area contributed by atoms with Crippen LogP contribution in [0.2, 0.25) is 0 Å². The van der Waals surface area contributed by atoms with Crippen LogP contribution in [0.5, 0.6) is 0 Å². The second-order valence-electron chi connectivity index (χ2n) is 8.30. The number of ether oxygens (including phenoxy) is 1. The van der Waals surface area contributed by atoms with Gasteiger partial charge in [0.2, 0.25) is 0 Å². The number of rotatable bonds is 4. The van der Waals surface area contributed by atoms with E-state index < -0.39 is 0 Å². The summed E-state index contributed by atoms with van der Waals surface area (Å²) in [5.41, 5.74) is 5.12. The second-order valence-corrected chi connectivity index (χ2v) is 10.3. The first kappa shape index (κ1) is 18.7. The van der Waals surface area contributed by atoms with Gasteiger partial charge in [0.25, 0.3) is 0 Å². The number of likely N-dealkylation sites (tertiary alicyclic amines) is 1. The second kappa shape index (κ2) is 7.57. The maximum absolute atomic E-state index is 5.46. The van der Waals surface area contributed by atoms with Crippen LogP contribution >= 0.6 is 22.7 Å². The van der Waals surface area contributed by atoms with E-state index in [9.17, 15) is 0 Å². The summed E-state index contributed by atoms with van der Waals surface area (Å²) in [5.74, 6) is 0.567. The predicted octanol–water partition coefficient (Wildman–Crippen LogP) is 5.62. The standard InChI is InChI=1S/C23H24N4OS2/c1-14-17(3-2-8-27(14)16-11-28-12-16)22-10-18-19(6-7-24-23(18)30-22)26-15-4-5-21-20(9-15)25-13-29-21/h4-7,9-10,13-14,16-17H,2-3,8,11-12H2,1H3,(H,24,26)/t14-,17-/m1/s1. The molecule has 1 aromatic carbocycles. The summed E-state index contributed by atoms with van der Waals surface area (Å²) in [6.07, 6.45) is 4.42. The highest BCUT2D eigenvalue weighted by Gasteiger charge is 2.37. The molecule has 0 amide bonds. The van der Waals surface area contributed by atoms with Crippen LogP contribution in [-0.2, 0) is 4.74 Å². The van der Waals surface area contributed by atoms with Gasteiger partial charge in [0.05, 0.1) is 40.7 Å². The molecule has 0 spiro atoms. The number of thiophene rings is 1. The summed E-state index contributed by atoms with van der Waals surface area (Å²) >= 11 is 3.53. The number of fused-ring (bicyclic) bond motifs is 2. The fraction of sp³-hybridized carbons (Fsp3) is 0.391. The molecule has 2 fully saturated rings. The summed E-state index contributed by atoms with van der Waals surface area (Å²) in [7, 11) is 0. The van der Waals surface area contributed by atoms with Gasteiger partial charge in [-0.25, -0.2) is 9.97 Å². The summed E-state index contributed by atoms with van der Waals surface area (Å²) < 4.78 is 6.67. The minimum absolute atomic E-state index is 0.546. The van der Waals surface area contributed by atoms with E-state index in [1.807, 2.05) is 23.0 Å². The van der Waals surface area contributed by atoms with Crippen molar-refractivity contribution in [2.45, 2.75) is 37.8 Å². The molecule has 5 heterocycles. The maximum atomic E-state index is 5.46. The van der Waals surface area contributed by atoms with Crippen molar-refractivity contribution in [2.75, 3.05) is 25.1 Å². The molecule has 0 saturated carbocycles. The fourth-order valence-electron chi connectivity index (χ4n) is 4.82. The van der Waals surface area contributed by atoms with Crippen molar-refractivity contribution in [2.24, 2.45) is 0 Å². The lowest BCUT2D eigenvalue weighted by molar-refractivity contribution is -0.0877. The number of thiazole rings is 1. The van der Waals surface area contributed by atoms with Crippen LogP contribution in [0.15, 0.2) is 42.0 Å². The molecular formula is C23H24N4OS2. The number of anilines is 2. The number of hydrogen-bond acceptors (Lipinski definition) is 7. The molecule has 5 nitrogen and oxygen atoms in total. The molecule has 3 aromatic heterocycles. The van der Waals surface area contributed by atoms with Crippen molar-refractivity contribution in [1.82, 2.24) is 14.9 Å². The Bertz CT molecular complexity index is 1200. The lowest BCUT2D eigenvalue weighted by atomic mass is 9.87. The smallest absolute Gasteiger partial charge is 0.125 e. The molecule has 0 unspecified atom stereocenters. The molecule has 6 rings (SSSR count). The minimum atomic E-state index is 0.546. The Hall–Kier alpha value is -2.06. The van der Waals surface area contributed by atoms with E-state index in [4.69, 9.17) is 4.74 Å². The van der Waals surface area contributed by atoms with Crippen LogP contribution in [-0.4, -0.2) is 46.7 Å². The van der Waals surface area contributed by atoms with Gasteiger partial charge in [-0.1, -0.05) is 0 Å². The fourth-order valence-corrected chi connectivity index (χ4v) is 6.74. The summed E-state index contributed by atoms with van der Waals surface area (Å²) in [4.78, 5) is 14.4. The van der Waals surface area contributed by atoms with Gasteiger partial charge in [-0.05, 0) is 56.6 Å². The first-order valence-corrected chi connectivity index (χ1v) is 12.3. The highest BCUT2D eigenvalue weighted by Crippen LogP contribution is 2.41. The van der Waals surface area contributed by atoms with E-state index in [-0.39, 0.29) is 0 Å². The zero-order valence-electron chi connectivity index (χ0n) is 16.9. The summed E-state index contributed by atoms with van der Waals surface area (Å²) in [6, 6.07) is 12.0. The van der Waals surface area contributed by atoms with Crippen molar-refractivity contribution < 1.29 is 4.74 Å². The Labute approximate surface area is 183 Å². The molecule has 2 aliphatic rings. The van der Waals surface area contributed by atoms with E-state index in [0.29, 0.717) is 18.0 Å². The van der Waals surface area contributed by atoms with Gasteiger partial charge in [-0.15, -0.1) is 22.7 Å². The molecule has 0 radical (unpaired) electrons. The van der Waals surface area contributed by atoms with E-state index in [1.54, 1.807) is 11.3 Å². The molecule has 2 saturated heterocycles. The summed E-state index contributed by atoms with van der Waals surface area (Å²) in [6.45, 7) is 5.37. The number of nitrogens with one attached hydrogen (secondary N) is 1. The van der Waals surface area contributed by atoms with Crippen molar-refractivity contribution in [3.63, 3.8) is 0 Å². The normalized spacial score (nSPS) is 23.1. The zero-order chi connectivity index (χ0) is 20.1. The average Bonchev–Trinajstić information content (AvgIpc) is 3.35. The highest BCUT2D eigenvalue weighted by molar-refractivity contribution is 7.18. The zero-order valence-corrected chi connectivity index (χ0v) is 18.5. The number of piperidine rings is 1. The Morgan fingerprint density at radius 1 is 1.17 bits per heavy atom. The van der Waals surface area contributed by atoms with Gasteiger partial charge in [0.1, 0.15) is 4.83 Å². The van der Waals surface area contributed by atoms with Crippen LogP contribution < -0.4 is 5.32 Å². The number of hydrogen-bond donors (Lipinski definition) is 1. The summed E-state index contributed by atoms with van der Waals surface area (Å²) in [5, 5.41) is 4.82. The molecule has 0 aliphatic carbocycles. The molecule has 7 heteroatoms. The topological polar surface area (TPSA) is 50.3 Å². The Kier molecular flexibility index (Phi) is 4.71. The van der Waals surface area contributed by atoms with Crippen LogP contribution in [0.25, 0.3) is 20.4 Å². The van der Waals surface area contributed by atoms with Gasteiger partial charge in [-0.3, -0.25) is 4.90 Å². The van der Waals surface area contributed by atoms with E-state index in [0.717, 1.165) is 34.9 Å². The molecule has 30 heavy (non-hydrogen) atoms. The van der Waals surface area contributed by atoms with E-state index in [2.05, 4.69) is 57.4 Å². The third-order valence-electron chi connectivity index (χ3n) is 6.56. The molecule has 0 bridgehead atoms. The van der Waals surface area contributed by atoms with Gasteiger partial charge >= 0.3 is 0 Å². The van der Waals surface area contributed by atoms with Gasteiger partial charge in [-0.2, -0.15) is 0 Å². The average molecular weight is 437 g/mol. The highest BCUT2D eigenvalue weighted by atomic mass is 32.1. The Morgan fingerprint density at radius 3 is 2.97 bits per heavy atom. The minimum Gasteiger partial charge on any atom is -0.378 e. The third kappa shape index (κ3) is 3.21. The Balaban J connectivity index is 1.31. The number of pyridine rings is 1. The molecule has 2 aliphatic heterocycles. The van der Waals surface area contributed by atoms with Crippen LogP contribution in [0, 0.1) is 0 Å². The number of benzene rings is 1. The van der Waals surface area contributed by atoms with Gasteiger partial charge in [0, 0.05) is 34.1 Å².